The van der Waals surface area contributed by atoms with Gasteiger partial charge < -0.3 is 9.47 Å². The van der Waals surface area contributed by atoms with Crippen molar-refractivity contribution in [2.75, 3.05) is 0 Å². The Morgan fingerprint density at radius 2 is 1.00 bits per heavy atom. The topological polar surface area (TPSA) is 18.5 Å². The van der Waals surface area contributed by atoms with Crippen LogP contribution in [-0.2, 0) is 0 Å². The molecule has 0 bridgehead atoms. The Balaban J connectivity index is 2.12. The van der Waals surface area contributed by atoms with Gasteiger partial charge in [0.05, 0.1) is 10.0 Å². The summed E-state index contributed by atoms with van der Waals surface area (Å²) in [5.41, 5.74) is 2.31. The van der Waals surface area contributed by atoms with E-state index in [1.165, 1.54) is 0 Å². The van der Waals surface area contributed by atoms with Crippen molar-refractivity contribution >= 4 is 23.2 Å². The fourth-order valence-corrected chi connectivity index (χ4v) is 2.14. The molecule has 1 heterocycles. The summed E-state index contributed by atoms with van der Waals surface area (Å²) in [6.45, 7) is 4.06. The number of halogens is 2. The molecular weight excluding hydrogens is 271 g/mol. The van der Waals surface area contributed by atoms with Crippen LogP contribution in [-0.4, -0.2) is 0 Å². The second-order valence-electron chi connectivity index (χ2n) is 4.30. The highest BCUT2D eigenvalue weighted by Gasteiger charge is 2.21. The highest BCUT2D eigenvalue weighted by Crippen LogP contribution is 2.48. The number of rotatable bonds is 0. The van der Waals surface area contributed by atoms with Gasteiger partial charge in [0, 0.05) is 12.1 Å². The predicted molar refractivity (Wildman–Crippen MR) is 72.5 cm³/mol. The van der Waals surface area contributed by atoms with E-state index in [2.05, 4.69) is 0 Å². The Morgan fingerprint density at radius 1 is 0.667 bits per heavy atom. The molecule has 0 aliphatic carbocycles. The van der Waals surface area contributed by atoms with Gasteiger partial charge in [-0.05, 0) is 37.1 Å². The Bertz CT molecular complexity index is 539. The molecule has 2 nitrogen and oxygen atoms in total. The second kappa shape index (κ2) is 4.08. The molecule has 4 heteroatoms. The van der Waals surface area contributed by atoms with Crippen LogP contribution in [0.5, 0.6) is 23.0 Å². The number of fused-ring (bicyclic) bond motifs is 2. The highest BCUT2D eigenvalue weighted by atomic mass is 35.5. The SMILES string of the molecule is Cc1cc2c(cc1C)Oc1cc(Cl)c(Cl)cc1O2. The van der Waals surface area contributed by atoms with Gasteiger partial charge in [-0.3, -0.25) is 0 Å². The smallest absolute Gasteiger partial charge is 0.171 e. The summed E-state index contributed by atoms with van der Waals surface area (Å²) < 4.78 is 11.6. The molecule has 0 spiro atoms. The zero-order valence-electron chi connectivity index (χ0n) is 9.88. The van der Waals surface area contributed by atoms with E-state index in [0.29, 0.717) is 33.0 Å². The third kappa shape index (κ3) is 1.82. The molecule has 2 aromatic rings. The molecule has 2 aromatic carbocycles. The predicted octanol–water partition coefficient (Wildman–Crippen LogP) is 5.51. The van der Waals surface area contributed by atoms with Crippen molar-refractivity contribution in [1.29, 1.82) is 0 Å². The fraction of sp³-hybridized carbons (Fsp3) is 0.143. The normalized spacial score (nSPS) is 12.2. The lowest BCUT2D eigenvalue weighted by atomic mass is 10.1. The summed E-state index contributed by atoms with van der Waals surface area (Å²) >= 11 is 11.9. The van der Waals surface area contributed by atoms with Crippen molar-refractivity contribution in [2.45, 2.75) is 13.8 Å². The molecule has 0 atom stereocenters. The van der Waals surface area contributed by atoms with Crippen molar-refractivity contribution in [1.82, 2.24) is 0 Å². The lowest BCUT2D eigenvalue weighted by molar-refractivity contribution is 0.359. The van der Waals surface area contributed by atoms with Gasteiger partial charge in [0.1, 0.15) is 0 Å². The minimum Gasteiger partial charge on any atom is -0.449 e. The van der Waals surface area contributed by atoms with Gasteiger partial charge in [0.15, 0.2) is 23.0 Å². The summed E-state index contributed by atoms with van der Waals surface area (Å²) in [5, 5.41) is 0.901. The number of aryl methyl sites for hydroxylation is 2. The van der Waals surface area contributed by atoms with Crippen LogP contribution in [0.4, 0.5) is 0 Å². The van der Waals surface area contributed by atoms with E-state index in [9.17, 15) is 0 Å². The van der Waals surface area contributed by atoms with Crippen molar-refractivity contribution in [3.63, 3.8) is 0 Å². The van der Waals surface area contributed by atoms with E-state index in [1.807, 2.05) is 26.0 Å². The average molecular weight is 281 g/mol. The van der Waals surface area contributed by atoms with Gasteiger partial charge in [-0.25, -0.2) is 0 Å². The number of benzene rings is 2. The van der Waals surface area contributed by atoms with Crippen LogP contribution in [0.2, 0.25) is 10.0 Å². The molecule has 0 saturated heterocycles. The van der Waals surface area contributed by atoms with Gasteiger partial charge in [0.25, 0.3) is 0 Å². The molecule has 1 aliphatic heterocycles. The van der Waals surface area contributed by atoms with Gasteiger partial charge in [-0.1, -0.05) is 23.2 Å². The fourth-order valence-electron chi connectivity index (χ4n) is 1.83. The highest BCUT2D eigenvalue weighted by molar-refractivity contribution is 6.42. The van der Waals surface area contributed by atoms with Gasteiger partial charge in [0.2, 0.25) is 0 Å². The lowest BCUT2D eigenvalue weighted by Gasteiger charge is -2.22. The van der Waals surface area contributed by atoms with E-state index < -0.39 is 0 Å². The van der Waals surface area contributed by atoms with Crippen molar-refractivity contribution in [2.24, 2.45) is 0 Å². The third-order valence-corrected chi connectivity index (χ3v) is 3.71. The summed E-state index contributed by atoms with van der Waals surface area (Å²) in [6, 6.07) is 7.24. The molecule has 92 valence electrons. The number of ether oxygens (including phenoxy) is 2. The monoisotopic (exact) mass is 280 g/mol. The van der Waals surface area contributed by atoms with Crippen LogP contribution in [0, 0.1) is 13.8 Å². The molecule has 0 saturated carbocycles. The molecular formula is C14H10Cl2O2. The zero-order valence-corrected chi connectivity index (χ0v) is 11.4. The molecule has 0 amide bonds. The largest absolute Gasteiger partial charge is 0.449 e. The first-order valence-corrected chi connectivity index (χ1v) is 6.26. The van der Waals surface area contributed by atoms with Crippen LogP contribution in [0.15, 0.2) is 24.3 Å². The van der Waals surface area contributed by atoms with Crippen molar-refractivity contribution < 1.29 is 9.47 Å². The Morgan fingerprint density at radius 3 is 1.39 bits per heavy atom. The molecule has 3 rings (SSSR count). The maximum absolute atomic E-state index is 5.96. The molecule has 0 unspecified atom stereocenters. The Kier molecular flexibility index (Phi) is 2.65. The molecule has 1 aliphatic rings. The van der Waals surface area contributed by atoms with Crippen LogP contribution in [0.25, 0.3) is 0 Å². The maximum atomic E-state index is 5.96. The van der Waals surface area contributed by atoms with E-state index in [1.54, 1.807) is 12.1 Å². The van der Waals surface area contributed by atoms with E-state index >= 15 is 0 Å². The minimum absolute atomic E-state index is 0.450. The van der Waals surface area contributed by atoms with Gasteiger partial charge in [-0.2, -0.15) is 0 Å². The van der Waals surface area contributed by atoms with Crippen LogP contribution in [0.3, 0.4) is 0 Å². The minimum atomic E-state index is 0.450. The van der Waals surface area contributed by atoms with Crippen LogP contribution < -0.4 is 9.47 Å². The van der Waals surface area contributed by atoms with Crippen molar-refractivity contribution in [3.05, 3.63) is 45.4 Å². The summed E-state index contributed by atoms with van der Waals surface area (Å²) in [5.74, 6) is 2.56. The Labute approximate surface area is 115 Å². The van der Waals surface area contributed by atoms with Gasteiger partial charge in [-0.15, -0.1) is 0 Å². The zero-order chi connectivity index (χ0) is 12.9. The van der Waals surface area contributed by atoms with E-state index in [0.717, 1.165) is 11.1 Å². The summed E-state index contributed by atoms with van der Waals surface area (Å²) in [4.78, 5) is 0. The number of hydrogen-bond acceptors (Lipinski definition) is 2. The van der Waals surface area contributed by atoms with E-state index in [-0.39, 0.29) is 0 Å². The van der Waals surface area contributed by atoms with Crippen molar-refractivity contribution in [3.8, 4) is 23.0 Å². The average Bonchev–Trinajstić information content (AvgIpc) is 2.31. The first-order valence-electron chi connectivity index (χ1n) is 5.50. The molecule has 0 fully saturated rings. The Hall–Kier alpha value is -1.38. The van der Waals surface area contributed by atoms with Gasteiger partial charge >= 0.3 is 0 Å². The summed E-state index contributed by atoms with van der Waals surface area (Å²) in [6.07, 6.45) is 0. The molecule has 0 N–H and O–H groups in total. The maximum Gasteiger partial charge on any atom is 0.171 e. The first-order chi connectivity index (χ1) is 8.54. The standard InChI is InChI=1S/C14H10Cl2O2/c1-7-3-11-12(4-8(7)2)18-14-6-10(16)9(15)5-13(14)17-11/h3-6H,1-2H3. The third-order valence-electron chi connectivity index (χ3n) is 2.99. The summed E-state index contributed by atoms with van der Waals surface area (Å²) in [7, 11) is 0. The first kappa shape index (κ1) is 11.7. The lowest BCUT2D eigenvalue weighted by Crippen LogP contribution is -2.00. The van der Waals surface area contributed by atoms with Crippen LogP contribution in [0.1, 0.15) is 11.1 Å². The second-order valence-corrected chi connectivity index (χ2v) is 5.11. The molecule has 18 heavy (non-hydrogen) atoms. The number of hydrogen-bond donors (Lipinski definition) is 0. The molecule has 0 aromatic heterocycles. The van der Waals surface area contributed by atoms with Crippen LogP contribution >= 0.6 is 23.2 Å². The molecule has 0 radical (unpaired) electrons. The van der Waals surface area contributed by atoms with E-state index in [4.69, 9.17) is 32.7 Å². The quantitative estimate of drug-likeness (QED) is 0.541.